The number of benzene rings is 1. The van der Waals surface area contributed by atoms with Gasteiger partial charge in [0.1, 0.15) is 5.75 Å². The Bertz CT molecular complexity index is 381. The van der Waals surface area contributed by atoms with Crippen LogP contribution in [0.2, 0.25) is 0 Å². The van der Waals surface area contributed by atoms with Crippen molar-refractivity contribution in [3.8, 4) is 5.75 Å². The molecule has 1 amide bonds. The van der Waals surface area contributed by atoms with Crippen molar-refractivity contribution in [3.63, 3.8) is 0 Å². The van der Waals surface area contributed by atoms with E-state index in [0.29, 0.717) is 0 Å². The molecule has 0 radical (unpaired) electrons. The predicted octanol–water partition coefficient (Wildman–Crippen LogP) is 2.20. The number of nitrogens with zero attached hydrogens (tertiary/aromatic N) is 1. The number of hydrogen-bond acceptors (Lipinski definition) is 2. The van der Waals surface area contributed by atoms with Gasteiger partial charge in [-0.1, -0.05) is 22.0 Å². The lowest BCUT2D eigenvalue weighted by atomic mass is 10.3. The predicted molar refractivity (Wildman–Crippen MR) is 62.7 cm³/mol. The monoisotopic (exact) mass is 269 g/mol. The molecule has 15 heavy (non-hydrogen) atoms. The summed E-state index contributed by atoms with van der Waals surface area (Å²) in [7, 11) is 1.62. The lowest BCUT2D eigenvalue weighted by Gasteiger charge is -2.16. The smallest absolute Gasteiger partial charge is 0.240 e. The molecule has 0 aromatic heterocycles. The third kappa shape index (κ3) is 2.00. The highest BCUT2D eigenvalue weighted by Crippen LogP contribution is 2.27. The Balaban J connectivity index is 2.26. The van der Waals surface area contributed by atoms with E-state index in [9.17, 15) is 4.79 Å². The van der Waals surface area contributed by atoms with Crippen LogP contribution in [0.1, 0.15) is 6.42 Å². The maximum Gasteiger partial charge on any atom is 0.240 e. The first kappa shape index (κ1) is 10.5. The Morgan fingerprint density at radius 2 is 2.33 bits per heavy atom. The Morgan fingerprint density at radius 1 is 1.53 bits per heavy atom. The minimum Gasteiger partial charge on any atom is -0.497 e. The molecule has 4 heteroatoms. The molecular formula is C11H12BrNO2. The molecule has 1 aromatic rings. The number of hydrogen-bond donors (Lipinski definition) is 0. The van der Waals surface area contributed by atoms with Crippen molar-refractivity contribution in [1.82, 2.24) is 0 Å². The minimum atomic E-state index is -0.0382. The van der Waals surface area contributed by atoms with E-state index in [-0.39, 0.29) is 10.7 Å². The number of anilines is 1. The summed E-state index contributed by atoms with van der Waals surface area (Å²) in [6.07, 6.45) is 0.857. The second-order valence-corrected chi connectivity index (χ2v) is 4.55. The maximum absolute atomic E-state index is 11.7. The standard InChI is InChI=1S/C11H12BrNO2/c1-15-9-4-2-3-8(7-9)13-6-5-10(12)11(13)14/h2-4,7,10H,5-6H2,1H3/t10-/m0/s1. The van der Waals surface area contributed by atoms with Gasteiger partial charge in [-0.25, -0.2) is 0 Å². The highest BCUT2D eigenvalue weighted by Gasteiger charge is 2.30. The van der Waals surface area contributed by atoms with Gasteiger partial charge in [0.05, 0.1) is 11.9 Å². The molecule has 0 N–H and O–H groups in total. The number of methoxy groups -OCH3 is 1. The molecule has 1 aliphatic heterocycles. The second kappa shape index (κ2) is 4.23. The first-order valence-corrected chi connectivity index (χ1v) is 5.73. The molecule has 1 aromatic carbocycles. The van der Waals surface area contributed by atoms with Crippen molar-refractivity contribution in [1.29, 1.82) is 0 Å². The van der Waals surface area contributed by atoms with Crippen LogP contribution < -0.4 is 9.64 Å². The number of carbonyl (C=O) groups is 1. The van der Waals surface area contributed by atoms with Gasteiger partial charge in [0.25, 0.3) is 0 Å². The van der Waals surface area contributed by atoms with Gasteiger partial charge in [0, 0.05) is 18.3 Å². The molecule has 2 rings (SSSR count). The van der Waals surface area contributed by atoms with Crippen molar-refractivity contribution < 1.29 is 9.53 Å². The molecule has 1 fully saturated rings. The van der Waals surface area contributed by atoms with Crippen molar-refractivity contribution in [2.24, 2.45) is 0 Å². The van der Waals surface area contributed by atoms with Crippen molar-refractivity contribution in [2.75, 3.05) is 18.6 Å². The number of ether oxygens (including phenoxy) is 1. The van der Waals surface area contributed by atoms with Crippen LogP contribution in [0.5, 0.6) is 5.75 Å². The zero-order valence-electron chi connectivity index (χ0n) is 8.44. The van der Waals surface area contributed by atoms with Crippen molar-refractivity contribution in [3.05, 3.63) is 24.3 Å². The third-order valence-corrected chi connectivity index (χ3v) is 3.35. The van der Waals surface area contributed by atoms with Gasteiger partial charge in [0.2, 0.25) is 5.91 Å². The fourth-order valence-electron chi connectivity index (χ4n) is 1.68. The molecule has 1 aliphatic rings. The van der Waals surface area contributed by atoms with Gasteiger partial charge >= 0.3 is 0 Å². The highest BCUT2D eigenvalue weighted by molar-refractivity contribution is 9.10. The summed E-state index contributed by atoms with van der Waals surface area (Å²) in [5.74, 6) is 0.904. The average molecular weight is 270 g/mol. The quantitative estimate of drug-likeness (QED) is 0.771. The largest absolute Gasteiger partial charge is 0.497 e. The SMILES string of the molecule is COc1cccc(N2CC[C@H](Br)C2=O)c1. The molecule has 80 valence electrons. The zero-order valence-corrected chi connectivity index (χ0v) is 10.0. The Labute approximate surface area is 97.2 Å². The molecule has 1 saturated heterocycles. The summed E-state index contributed by atoms with van der Waals surface area (Å²) < 4.78 is 5.13. The van der Waals surface area contributed by atoms with E-state index >= 15 is 0 Å². The number of carbonyl (C=O) groups excluding carboxylic acids is 1. The zero-order chi connectivity index (χ0) is 10.8. The first-order valence-electron chi connectivity index (χ1n) is 4.82. The first-order chi connectivity index (χ1) is 7.22. The summed E-state index contributed by atoms with van der Waals surface area (Å²) >= 11 is 3.35. The van der Waals surface area contributed by atoms with Crippen LogP contribution in [-0.4, -0.2) is 24.4 Å². The van der Waals surface area contributed by atoms with Crippen molar-refractivity contribution >= 4 is 27.5 Å². The minimum absolute atomic E-state index is 0.0382. The van der Waals surface area contributed by atoms with E-state index in [1.807, 2.05) is 24.3 Å². The molecule has 1 heterocycles. The summed E-state index contributed by atoms with van der Waals surface area (Å²) in [6.45, 7) is 0.766. The van der Waals surface area contributed by atoms with Gasteiger partial charge in [-0.05, 0) is 18.6 Å². The van der Waals surface area contributed by atoms with E-state index in [1.54, 1.807) is 12.0 Å². The van der Waals surface area contributed by atoms with Crippen LogP contribution in [0.4, 0.5) is 5.69 Å². The highest BCUT2D eigenvalue weighted by atomic mass is 79.9. The molecule has 1 atom stereocenters. The van der Waals surface area contributed by atoms with Gasteiger partial charge in [-0.3, -0.25) is 4.79 Å². The summed E-state index contributed by atoms with van der Waals surface area (Å²) in [6, 6.07) is 7.56. The Morgan fingerprint density at radius 3 is 2.93 bits per heavy atom. The molecule has 0 saturated carbocycles. The fourth-order valence-corrected chi connectivity index (χ4v) is 2.13. The summed E-state index contributed by atoms with van der Waals surface area (Å²) in [5.41, 5.74) is 0.904. The fraction of sp³-hybridized carbons (Fsp3) is 0.364. The Kier molecular flexibility index (Phi) is 2.95. The number of amides is 1. The molecule has 0 aliphatic carbocycles. The summed E-state index contributed by atoms with van der Waals surface area (Å²) in [5, 5.41) is 0. The van der Waals surface area contributed by atoms with Gasteiger partial charge in [0.15, 0.2) is 0 Å². The topological polar surface area (TPSA) is 29.5 Å². The van der Waals surface area contributed by atoms with Gasteiger partial charge in [-0.2, -0.15) is 0 Å². The van der Waals surface area contributed by atoms with Crippen LogP contribution in [-0.2, 0) is 4.79 Å². The lowest BCUT2D eigenvalue weighted by Crippen LogP contribution is -2.26. The second-order valence-electron chi connectivity index (χ2n) is 3.45. The Hall–Kier alpha value is -1.03. The van der Waals surface area contributed by atoms with Gasteiger partial charge < -0.3 is 9.64 Å². The maximum atomic E-state index is 11.7. The number of halogens is 1. The lowest BCUT2D eigenvalue weighted by molar-refractivity contribution is -0.116. The van der Waals surface area contributed by atoms with E-state index < -0.39 is 0 Å². The van der Waals surface area contributed by atoms with E-state index in [4.69, 9.17) is 4.74 Å². The normalized spacial score (nSPS) is 20.8. The van der Waals surface area contributed by atoms with Crippen molar-refractivity contribution in [2.45, 2.75) is 11.2 Å². The average Bonchev–Trinajstić information content (AvgIpc) is 2.60. The molecule has 0 unspecified atom stereocenters. The molecule has 0 bridgehead atoms. The number of rotatable bonds is 2. The molecular weight excluding hydrogens is 258 g/mol. The van der Waals surface area contributed by atoms with E-state index in [2.05, 4.69) is 15.9 Å². The molecule has 3 nitrogen and oxygen atoms in total. The van der Waals surface area contributed by atoms with E-state index in [0.717, 1.165) is 24.4 Å². The third-order valence-electron chi connectivity index (χ3n) is 2.51. The molecule has 0 spiro atoms. The van der Waals surface area contributed by atoms with E-state index in [1.165, 1.54) is 0 Å². The number of alkyl halides is 1. The van der Waals surface area contributed by atoms with Crippen LogP contribution in [0.3, 0.4) is 0 Å². The van der Waals surface area contributed by atoms with Gasteiger partial charge in [-0.15, -0.1) is 0 Å². The summed E-state index contributed by atoms with van der Waals surface area (Å²) in [4.78, 5) is 13.5. The van der Waals surface area contributed by atoms with Crippen LogP contribution in [0.15, 0.2) is 24.3 Å². The van der Waals surface area contributed by atoms with Crippen LogP contribution in [0, 0.1) is 0 Å². The van der Waals surface area contributed by atoms with Crippen LogP contribution >= 0.6 is 15.9 Å². The van der Waals surface area contributed by atoms with Crippen LogP contribution in [0.25, 0.3) is 0 Å².